The number of hydrogen-bond donors (Lipinski definition) is 0. The molecular weight excluding hydrogens is 605 g/mol. The molecule has 0 unspecified atom stereocenters. The van der Waals surface area contributed by atoms with Crippen molar-refractivity contribution in [2.45, 2.75) is 79.1 Å². The van der Waals surface area contributed by atoms with Crippen molar-refractivity contribution >= 4 is 34.1 Å². The zero-order valence-electron chi connectivity index (χ0n) is 31.1. The summed E-state index contributed by atoms with van der Waals surface area (Å²) in [6, 6.07) is 54.0. The Balaban J connectivity index is 1.31. The Morgan fingerprint density at radius 1 is 0.240 bits per heavy atom. The maximum Gasteiger partial charge on any atom is 0.0462 e. The fourth-order valence-electron chi connectivity index (χ4n) is 6.53. The number of rotatable bonds is 11. The van der Waals surface area contributed by atoms with Crippen LogP contribution in [0.5, 0.6) is 0 Å². The lowest BCUT2D eigenvalue weighted by Crippen LogP contribution is -2.10. The van der Waals surface area contributed by atoms with Crippen LogP contribution in [0.15, 0.2) is 146 Å². The zero-order chi connectivity index (χ0) is 35.4. The second-order valence-electron chi connectivity index (χ2n) is 14.7. The molecule has 0 spiro atoms. The molecule has 0 amide bonds. The summed E-state index contributed by atoms with van der Waals surface area (Å²) in [4.78, 5) is 4.71. The third kappa shape index (κ3) is 7.71. The molecule has 0 aliphatic rings. The molecule has 0 aromatic heterocycles. The fourth-order valence-corrected chi connectivity index (χ4v) is 6.53. The second-order valence-corrected chi connectivity index (χ2v) is 14.7. The van der Waals surface area contributed by atoms with Crippen LogP contribution in [0.25, 0.3) is 11.1 Å². The normalized spacial score (nSPS) is 11.5. The Morgan fingerprint density at radius 3 is 0.560 bits per heavy atom. The van der Waals surface area contributed by atoms with E-state index in [0.717, 1.165) is 34.1 Å². The maximum absolute atomic E-state index is 2.36. The van der Waals surface area contributed by atoms with Crippen molar-refractivity contribution in [3.05, 3.63) is 168 Å². The van der Waals surface area contributed by atoms with Gasteiger partial charge in [-0.3, -0.25) is 0 Å². The number of benzene rings is 6. The maximum atomic E-state index is 2.36. The molecule has 0 heterocycles. The molecule has 0 N–H and O–H groups in total. The van der Waals surface area contributed by atoms with Crippen LogP contribution < -0.4 is 9.80 Å². The molecule has 0 atom stereocenters. The molecule has 0 aliphatic heterocycles. The monoisotopic (exact) mass is 656 g/mol. The summed E-state index contributed by atoms with van der Waals surface area (Å²) in [6.07, 6.45) is 0. The van der Waals surface area contributed by atoms with Crippen molar-refractivity contribution in [1.29, 1.82) is 0 Å². The van der Waals surface area contributed by atoms with Gasteiger partial charge in [0.25, 0.3) is 0 Å². The summed E-state index contributed by atoms with van der Waals surface area (Å²) < 4.78 is 0. The van der Waals surface area contributed by atoms with Gasteiger partial charge in [0.2, 0.25) is 0 Å². The van der Waals surface area contributed by atoms with Gasteiger partial charge in [-0.15, -0.1) is 0 Å². The SMILES string of the molecule is CC(C)c1ccc(N(c2ccc(-c3ccc(N(c4ccc(C(C)C)cc4)c4ccc(C(C)C)cc4)cc3)cc2)c2ccc(C(C)C)cc2)cc1. The lowest BCUT2D eigenvalue weighted by atomic mass is 10.0. The van der Waals surface area contributed by atoms with Gasteiger partial charge < -0.3 is 9.80 Å². The van der Waals surface area contributed by atoms with Gasteiger partial charge in [-0.2, -0.15) is 0 Å². The van der Waals surface area contributed by atoms with E-state index in [1.807, 2.05) is 0 Å². The number of hydrogen-bond acceptors (Lipinski definition) is 2. The minimum atomic E-state index is 0.497. The first-order chi connectivity index (χ1) is 24.1. The highest BCUT2D eigenvalue weighted by molar-refractivity contribution is 5.81. The molecule has 254 valence electrons. The van der Waals surface area contributed by atoms with E-state index in [0.29, 0.717) is 23.7 Å². The van der Waals surface area contributed by atoms with Gasteiger partial charge in [-0.1, -0.05) is 128 Å². The quantitative estimate of drug-likeness (QED) is 0.137. The summed E-state index contributed by atoms with van der Waals surface area (Å²) in [5.41, 5.74) is 14.7. The van der Waals surface area contributed by atoms with Crippen molar-refractivity contribution in [3.63, 3.8) is 0 Å². The third-order valence-corrected chi connectivity index (χ3v) is 9.86. The van der Waals surface area contributed by atoms with Crippen LogP contribution in [0.4, 0.5) is 34.1 Å². The van der Waals surface area contributed by atoms with E-state index in [2.05, 4.69) is 211 Å². The van der Waals surface area contributed by atoms with Crippen LogP contribution in [-0.2, 0) is 0 Å². The minimum Gasteiger partial charge on any atom is -0.311 e. The highest BCUT2D eigenvalue weighted by Gasteiger charge is 2.16. The van der Waals surface area contributed by atoms with E-state index in [9.17, 15) is 0 Å². The van der Waals surface area contributed by atoms with Crippen LogP contribution in [0.3, 0.4) is 0 Å². The molecule has 2 heteroatoms. The highest BCUT2D eigenvalue weighted by Crippen LogP contribution is 2.39. The first-order valence-corrected chi connectivity index (χ1v) is 18.3. The van der Waals surface area contributed by atoms with Crippen LogP contribution >= 0.6 is 0 Å². The van der Waals surface area contributed by atoms with Crippen LogP contribution in [-0.4, -0.2) is 0 Å². The molecule has 0 bridgehead atoms. The van der Waals surface area contributed by atoms with Crippen molar-refractivity contribution in [3.8, 4) is 11.1 Å². The predicted molar refractivity (Wildman–Crippen MR) is 218 cm³/mol. The average Bonchev–Trinajstić information content (AvgIpc) is 3.13. The Kier molecular flexibility index (Phi) is 10.6. The number of anilines is 6. The summed E-state index contributed by atoms with van der Waals surface area (Å²) >= 11 is 0. The summed E-state index contributed by atoms with van der Waals surface area (Å²) in [6.45, 7) is 18.0. The third-order valence-electron chi connectivity index (χ3n) is 9.86. The molecule has 0 radical (unpaired) electrons. The van der Waals surface area contributed by atoms with E-state index in [1.165, 1.54) is 33.4 Å². The molecule has 6 rings (SSSR count). The molecule has 2 nitrogen and oxygen atoms in total. The lowest BCUT2D eigenvalue weighted by Gasteiger charge is -2.27. The van der Waals surface area contributed by atoms with E-state index < -0.39 is 0 Å². The van der Waals surface area contributed by atoms with Gasteiger partial charge in [-0.05, 0) is 130 Å². The predicted octanol–water partition coefficient (Wildman–Crippen LogP) is 14.8. The van der Waals surface area contributed by atoms with Crippen molar-refractivity contribution in [1.82, 2.24) is 0 Å². The highest BCUT2D eigenvalue weighted by atomic mass is 15.1. The largest absolute Gasteiger partial charge is 0.311 e. The molecule has 0 aliphatic carbocycles. The molecule has 6 aromatic rings. The standard InChI is InChI=1S/C48H52N2/c1-33(2)37-9-21-43(22-10-37)49(44-23-11-38(12-24-44)34(3)4)47-29-17-41(18-30-47)42-19-31-48(32-20-42)50(45-25-13-39(14-26-45)35(5)6)46-27-15-40(16-28-46)36(7)8/h9-36H,1-8H3. The fraction of sp³-hybridized carbons (Fsp3) is 0.250. The second kappa shape index (κ2) is 15.2. The van der Waals surface area contributed by atoms with Gasteiger partial charge in [0, 0.05) is 34.1 Å². The molecule has 0 saturated carbocycles. The Hall–Kier alpha value is -5.08. The first kappa shape index (κ1) is 34.8. The van der Waals surface area contributed by atoms with E-state index in [-0.39, 0.29) is 0 Å². The van der Waals surface area contributed by atoms with E-state index in [4.69, 9.17) is 0 Å². The minimum absolute atomic E-state index is 0.497. The first-order valence-electron chi connectivity index (χ1n) is 18.3. The van der Waals surface area contributed by atoms with Crippen LogP contribution in [0.1, 0.15) is 101 Å². The van der Waals surface area contributed by atoms with Gasteiger partial charge >= 0.3 is 0 Å². The summed E-state index contributed by atoms with van der Waals surface area (Å²) in [5.74, 6) is 1.99. The number of nitrogens with zero attached hydrogens (tertiary/aromatic N) is 2. The van der Waals surface area contributed by atoms with Gasteiger partial charge in [0.15, 0.2) is 0 Å². The summed E-state index contributed by atoms with van der Waals surface area (Å²) in [5, 5.41) is 0. The zero-order valence-corrected chi connectivity index (χ0v) is 31.1. The van der Waals surface area contributed by atoms with E-state index in [1.54, 1.807) is 0 Å². The van der Waals surface area contributed by atoms with Crippen molar-refractivity contribution < 1.29 is 0 Å². The van der Waals surface area contributed by atoms with Gasteiger partial charge in [-0.25, -0.2) is 0 Å². The smallest absolute Gasteiger partial charge is 0.0462 e. The van der Waals surface area contributed by atoms with Crippen LogP contribution in [0.2, 0.25) is 0 Å². The molecule has 0 saturated heterocycles. The average molecular weight is 657 g/mol. The Labute approximate surface area is 301 Å². The van der Waals surface area contributed by atoms with Crippen molar-refractivity contribution in [2.24, 2.45) is 0 Å². The molecular formula is C48H52N2. The molecule has 50 heavy (non-hydrogen) atoms. The summed E-state index contributed by atoms with van der Waals surface area (Å²) in [7, 11) is 0. The molecule has 6 aromatic carbocycles. The van der Waals surface area contributed by atoms with Crippen molar-refractivity contribution in [2.75, 3.05) is 9.80 Å². The van der Waals surface area contributed by atoms with Gasteiger partial charge in [0.1, 0.15) is 0 Å². The Bertz CT molecular complexity index is 1700. The Morgan fingerprint density at radius 2 is 0.400 bits per heavy atom. The topological polar surface area (TPSA) is 6.48 Å². The van der Waals surface area contributed by atoms with Crippen LogP contribution in [0, 0.1) is 0 Å². The lowest BCUT2D eigenvalue weighted by molar-refractivity contribution is 0.866. The molecule has 0 fully saturated rings. The van der Waals surface area contributed by atoms with Gasteiger partial charge in [0.05, 0.1) is 0 Å². The van der Waals surface area contributed by atoms with E-state index >= 15 is 0 Å².